The fourth-order valence-corrected chi connectivity index (χ4v) is 2.15. The predicted octanol–water partition coefficient (Wildman–Crippen LogP) is 0.470. The Morgan fingerprint density at radius 3 is 2.58 bits per heavy atom. The van der Waals surface area contributed by atoms with E-state index in [0.717, 1.165) is 0 Å². The van der Waals surface area contributed by atoms with E-state index in [2.05, 4.69) is 5.32 Å². The van der Waals surface area contributed by atoms with Gasteiger partial charge in [0, 0.05) is 25.9 Å². The van der Waals surface area contributed by atoms with Crippen LogP contribution < -0.4 is 5.32 Å². The molecule has 0 aromatic rings. The number of rotatable bonds is 5. The van der Waals surface area contributed by atoms with E-state index in [-0.39, 0.29) is 24.2 Å². The van der Waals surface area contributed by atoms with E-state index in [9.17, 15) is 14.4 Å². The van der Waals surface area contributed by atoms with Gasteiger partial charge in [-0.2, -0.15) is 0 Å². The van der Waals surface area contributed by atoms with Crippen LogP contribution >= 0.6 is 0 Å². The van der Waals surface area contributed by atoms with Crippen LogP contribution in [0.3, 0.4) is 0 Å². The SMILES string of the molecule is CC(C)C[C@H](NC(=O)C1CCN(C)C(=O)C1)C(=O)O. The summed E-state index contributed by atoms with van der Waals surface area (Å²) >= 11 is 0. The summed E-state index contributed by atoms with van der Waals surface area (Å²) in [5, 5.41) is 11.6. The van der Waals surface area contributed by atoms with Crippen molar-refractivity contribution in [3.63, 3.8) is 0 Å². The summed E-state index contributed by atoms with van der Waals surface area (Å²) in [5.41, 5.74) is 0. The van der Waals surface area contributed by atoms with Gasteiger partial charge in [0.2, 0.25) is 11.8 Å². The number of amides is 2. The molecule has 1 aliphatic heterocycles. The van der Waals surface area contributed by atoms with Gasteiger partial charge in [0.25, 0.3) is 0 Å². The molecule has 1 rings (SSSR count). The second kappa shape index (κ2) is 6.54. The Bertz CT molecular complexity index is 368. The first-order chi connectivity index (χ1) is 8.81. The Morgan fingerprint density at radius 2 is 2.11 bits per heavy atom. The Kier molecular flexibility index (Phi) is 5.32. The summed E-state index contributed by atoms with van der Waals surface area (Å²) in [6, 6.07) is -0.873. The lowest BCUT2D eigenvalue weighted by Gasteiger charge is -2.29. The fraction of sp³-hybridized carbons (Fsp3) is 0.769. The van der Waals surface area contributed by atoms with Gasteiger partial charge in [-0.25, -0.2) is 4.79 Å². The minimum atomic E-state index is -1.03. The number of nitrogens with one attached hydrogen (secondary N) is 1. The van der Waals surface area contributed by atoms with Crippen molar-refractivity contribution in [1.29, 1.82) is 0 Å². The first-order valence-electron chi connectivity index (χ1n) is 6.58. The zero-order valence-electron chi connectivity index (χ0n) is 11.7. The standard InChI is InChI=1S/C13H22N2O4/c1-8(2)6-10(13(18)19)14-12(17)9-4-5-15(3)11(16)7-9/h8-10H,4-7H2,1-3H3,(H,14,17)(H,18,19)/t9?,10-/m0/s1. The quantitative estimate of drug-likeness (QED) is 0.760. The summed E-state index contributed by atoms with van der Waals surface area (Å²) in [7, 11) is 1.70. The number of carboxylic acid groups (broad SMARTS) is 1. The lowest BCUT2D eigenvalue weighted by atomic mass is 9.94. The average Bonchev–Trinajstić information content (AvgIpc) is 2.31. The molecule has 6 nitrogen and oxygen atoms in total. The van der Waals surface area contributed by atoms with Gasteiger partial charge in [0.15, 0.2) is 0 Å². The Balaban J connectivity index is 2.57. The number of hydrogen-bond acceptors (Lipinski definition) is 3. The molecule has 0 spiro atoms. The third kappa shape index (κ3) is 4.54. The van der Waals surface area contributed by atoms with Gasteiger partial charge in [-0.1, -0.05) is 13.8 Å². The van der Waals surface area contributed by atoms with Gasteiger partial charge in [-0.15, -0.1) is 0 Å². The third-order valence-corrected chi connectivity index (χ3v) is 3.35. The fourth-order valence-electron chi connectivity index (χ4n) is 2.15. The van der Waals surface area contributed by atoms with Crippen LogP contribution in [0.2, 0.25) is 0 Å². The molecule has 1 unspecified atom stereocenters. The second-order valence-electron chi connectivity index (χ2n) is 5.53. The normalized spacial score (nSPS) is 21.4. The lowest BCUT2D eigenvalue weighted by Crippen LogP contribution is -2.47. The zero-order valence-corrected chi connectivity index (χ0v) is 11.7. The van der Waals surface area contributed by atoms with Crippen LogP contribution in [0.15, 0.2) is 0 Å². The zero-order chi connectivity index (χ0) is 14.6. The molecular formula is C13H22N2O4. The van der Waals surface area contributed by atoms with Crippen LogP contribution in [-0.2, 0) is 14.4 Å². The molecule has 108 valence electrons. The van der Waals surface area contributed by atoms with Crippen LogP contribution in [0.4, 0.5) is 0 Å². The van der Waals surface area contributed by atoms with Gasteiger partial charge in [-0.3, -0.25) is 9.59 Å². The van der Waals surface area contributed by atoms with Crippen LogP contribution in [0.5, 0.6) is 0 Å². The van der Waals surface area contributed by atoms with Gasteiger partial charge in [0.05, 0.1) is 0 Å². The van der Waals surface area contributed by atoms with Crippen molar-refractivity contribution < 1.29 is 19.5 Å². The highest BCUT2D eigenvalue weighted by atomic mass is 16.4. The molecule has 1 aliphatic rings. The van der Waals surface area contributed by atoms with Crippen LogP contribution in [0.25, 0.3) is 0 Å². The monoisotopic (exact) mass is 270 g/mol. The van der Waals surface area contributed by atoms with E-state index in [0.29, 0.717) is 19.4 Å². The maximum atomic E-state index is 12.0. The van der Waals surface area contributed by atoms with Crippen molar-refractivity contribution in [3.8, 4) is 0 Å². The van der Waals surface area contributed by atoms with Crippen molar-refractivity contribution in [3.05, 3.63) is 0 Å². The molecule has 0 aromatic heterocycles. The molecule has 2 amide bonds. The highest BCUT2D eigenvalue weighted by Gasteiger charge is 2.31. The number of carboxylic acids is 1. The number of carbonyl (C=O) groups is 3. The molecular weight excluding hydrogens is 248 g/mol. The molecule has 0 aliphatic carbocycles. The van der Waals surface area contributed by atoms with Gasteiger partial charge in [0.1, 0.15) is 6.04 Å². The molecule has 0 aromatic carbocycles. The first-order valence-corrected chi connectivity index (χ1v) is 6.58. The van der Waals surface area contributed by atoms with Crippen LogP contribution in [0, 0.1) is 11.8 Å². The van der Waals surface area contributed by atoms with E-state index in [1.54, 1.807) is 11.9 Å². The smallest absolute Gasteiger partial charge is 0.326 e. The average molecular weight is 270 g/mol. The molecule has 0 bridgehead atoms. The predicted molar refractivity (Wildman–Crippen MR) is 69.4 cm³/mol. The molecule has 6 heteroatoms. The van der Waals surface area contributed by atoms with Crippen molar-refractivity contribution in [2.24, 2.45) is 11.8 Å². The van der Waals surface area contributed by atoms with Crippen molar-refractivity contribution >= 4 is 17.8 Å². The van der Waals surface area contributed by atoms with Crippen molar-refractivity contribution in [2.75, 3.05) is 13.6 Å². The summed E-state index contributed by atoms with van der Waals surface area (Å²) in [5.74, 6) is -1.64. The summed E-state index contributed by atoms with van der Waals surface area (Å²) in [6.07, 6.45) is 1.14. The first kappa shape index (κ1) is 15.5. The molecule has 19 heavy (non-hydrogen) atoms. The lowest BCUT2D eigenvalue weighted by molar-refractivity contribution is -0.144. The summed E-state index contributed by atoms with van der Waals surface area (Å²) in [6.45, 7) is 4.35. The molecule has 0 radical (unpaired) electrons. The van der Waals surface area contributed by atoms with E-state index in [1.165, 1.54) is 0 Å². The highest BCUT2D eigenvalue weighted by Crippen LogP contribution is 2.18. The molecule has 0 saturated carbocycles. The maximum absolute atomic E-state index is 12.0. The largest absolute Gasteiger partial charge is 0.480 e. The van der Waals surface area contributed by atoms with E-state index in [4.69, 9.17) is 5.11 Å². The molecule has 1 fully saturated rings. The Labute approximate surface area is 113 Å². The Morgan fingerprint density at radius 1 is 1.47 bits per heavy atom. The summed E-state index contributed by atoms with van der Waals surface area (Å²) < 4.78 is 0. The van der Waals surface area contributed by atoms with Crippen LogP contribution in [0.1, 0.15) is 33.1 Å². The molecule has 1 saturated heterocycles. The summed E-state index contributed by atoms with van der Waals surface area (Å²) in [4.78, 5) is 36.2. The van der Waals surface area contributed by atoms with E-state index in [1.807, 2.05) is 13.8 Å². The van der Waals surface area contributed by atoms with Gasteiger partial charge in [-0.05, 0) is 18.8 Å². The minimum Gasteiger partial charge on any atom is -0.480 e. The molecule has 1 heterocycles. The Hall–Kier alpha value is -1.59. The molecule has 2 atom stereocenters. The molecule has 2 N–H and O–H groups in total. The minimum absolute atomic E-state index is 0.0675. The van der Waals surface area contributed by atoms with Crippen LogP contribution in [-0.4, -0.2) is 47.4 Å². The second-order valence-corrected chi connectivity index (χ2v) is 5.53. The highest BCUT2D eigenvalue weighted by molar-refractivity contribution is 5.89. The van der Waals surface area contributed by atoms with Gasteiger partial charge < -0.3 is 15.3 Å². The van der Waals surface area contributed by atoms with Crippen molar-refractivity contribution in [2.45, 2.75) is 39.2 Å². The number of aliphatic carboxylic acids is 1. The third-order valence-electron chi connectivity index (χ3n) is 3.35. The van der Waals surface area contributed by atoms with E-state index < -0.39 is 17.9 Å². The number of carbonyl (C=O) groups excluding carboxylic acids is 2. The number of nitrogens with zero attached hydrogens (tertiary/aromatic N) is 1. The number of piperidine rings is 1. The van der Waals surface area contributed by atoms with Crippen molar-refractivity contribution in [1.82, 2.24) is 10.2 Å². The number of likely N-dealkylation sites (tertiary alicyclic amines) is 1. The maximum Gasteiger partial charge on any atom is 0.326 e. The van der Waals surface area contributed by atoms with E-state index >= 15 is 0 Å². The van der Waals surface area contributed by atoms with Gasteiger partial charge >= 0.3 is 5.97 Å². The topological polar surface area (TPSA) is 86.7 Å². The number of hydrogen-bond donors (Lipinski definition) is 2.